The second kappa shape index (κ2) is 3.70. The first-order chi connectivity index (χ1) is 7.13. The van der Waals surface area contributed by atoms with E-state index in [2.05, 4.69) is 38.2 Å². The average molecular weight is 203 g/mol. The molecule has 2 heteroatoms. The molecule has 1 heterocycles. The van der Waals surface area contributed by atoms with Gasteiger partial charge in [-0.25, -0.2) is 0 Å². The van der Waals surface area contributed by atoms with Crippen LogP contribution in [0.2, 0.25) is 0 Å². The molecule has 1 atom stereocenters. The molecule has 0 spiro atoms. The molecule has 0 radical (unpaired) electrons. The lowest BCUT2D eigenvalue weighted by Crippen LogP contribution is -2.12. The van der Waals surface area contributed by atoms with Crippen LogP contribution in [0.15, 0.2) is 22.6 Å². The van der Waals surface area contributed by atoms with Gasteiger partial charge in [0.2, 0.25) is 0 Å². The molecule has 0 aliphatic rings. The second-order valence-corrected chi connectivity index (χ2v) is 4.10. The summed E-state index contributed by atoms with van der Waals surface area (Å²) in [5.41, 5.74) is 3.50. The Hall–Kier alpha value is -1.28. The highest BCUT2D eigenvalue weighted by Gasteiger charge is 2.14. The van der Waals surface area contributed by atoms with Crippen LogP contribution >= 0.6 is 0 Å². The molecule has 1 N–H and O–H groups in total. The van der Waals surface area contributed by atoms with Gasteiger partial charge in [-0.05, 0) is 45.5 Å². The Morgan fingerprint density at radius 1 is 1.27 bits per heavy atom. The Bertz CT molecular complexity index is 484. The van der Waals surface area contributed by atoms with E-state index in [0.29, 0.717) is 0 Å². The molecule has 1 unspecified atom stereocenters. The van der Waals surface area contributed by atoms with E-state index in [0.717, 1.165) is 11.3 Å². The Morgan fingerprint density at radius 3 is 2.67 bits per heavy atom. The van der Waals surface area contributed by atoms with Crippen molar-refractivity contribution in [3.63, 3.8) is 0 Å². The summed E-state index contributed by atoms with van der Waals surface area (Å²) in [7, 11) is 1.95. The van der Waals surface area contributed by atoms with Crippen LogP contribution in [-0.2, 0) is 0 Å². The molecular formula is C13H17NO. The largest absolute Gasteiger partial charge is 0.459 e. The molecule has 2 rings (SSSR count). The number of rotatable bonds is 2. The van der Waals surface area contributed by atoms with Crippen molar-refractivity contribution in [2.75, 3.05) is 7.05 Å². The number of furan rings is 1. The molecule has 15 heavy (non-hydrogen) atoms. The Kier molecular flexibility index (Phi) is 2.53. The third-order valence-electron chi connectivity index (χ3n) is 2.95. The van der Waals surface area contributed by atoms with Crippen molar-refractivity contribution in [2.45, 2.75) is 26.8 Å². The summed E-state index contributed by atoms with van der Waals surface area (Å²) in [5.74, 6) is 1.04. The Labute approximate surface area is 90.3 Å². The van der Waals surface area contributed by atoms with Crippen molar-refractivity contribution in [1.29, 1.82) is 0 Å². The van der Waals surface area contributed by atoms with E-state index in [1.807, 2.05) is 13.1 Å². The van der Waals surface area contributed by atoms with Crippen molar-refractivity contribution in [1.82, 2.24) is 5.32 Å². The first-order valence-corrected chi connectivity index (χ1v) is 5.30. The van der Waals surface area contributed by atoms with Gasteiger partial charge in [-0.1, -0.05) is 11.6 Å². The van der Waals surface area contributed by atoms with Crippen molar-refractivity contribution in [3.8, 4) is 0 Å². The number of hydrogen-bond acceptors (Lipinski definition) is 2. The lowest BCUT2D eigenvalue weighted by atomic mass is 10.1. The summed E-state index contributed by atoms with van der Waals surface area (Å²) in [6.45, 7) is 6.33. The van der Waals surface area contributed by atoms with Gasteiger partial charge in [0.15, 0.2) is 0 Å². The zero-order valence-electron chi connectivity index (χ0n) is 9.72. The van der Waals surface area contributed by atoms with E-state index in [9.17, 15) is 0 Å². The monoisotopic (exact) mass is 203 g/mol. The van der Waals surface area contributed by atoms with Gasteiger partial charge in [-0.2, -0.15) is 0 Å². The fourth-order valence-corrected chi connectivity index (χ4v) is 1.90. The summed E-state index contributed by atoms with van der Waals surface area (Å²) in [5, 5.41) is 4.43. The van der Waals surface area contributed by atoms with E-state index in [1.165, 1.54) is 16.5 Å². The first-order valence-electron chi connectivity index (χ1n) is 5.30. The van der Waals surface area contributed by atoms with Gasteiger partial charge in [0.05, 0.1) is 6.04 Å². The van der Waals surface area contributed by atoms with Crippen LogP contribution in [0.4, 0.5) is 0 Å². The fraction of sp³-hybridized carbons (Fsp3) is 0.385. The van der Waals surface area contributed by atoms with Crippen molar-refractivity contribution < 1.29 is 4.42 Å². The summed E-state index contributed by atoms with van der Waals surface area (Å²) >= 11 is 0. The highest BCUT2D eigenvalue weighted by molar-refractivity contribution is 5.82. The maximum atomic E-state index is 5.84. The standard InChI is InChI=1S/C13H17NO/c1-8-5-6-12-11(7-8)9(2)13(15-12)10(3)14-4/h5-7,10,14H,1-4H3. The summed E-state index contributed by atoms with van der Waals surface area (Å²) in [4.78, 5) is 0. The van der Waals surface area contributed by atoms with Crippen LogP contribution in [0.3, 0.4) is 0 Å². The predicted octanol–water partition coefficient (Wildman–Crippen LogP) is 3.33. The van der Waals surface area contributed by atoms with E-state index in [1.54, 1.807) is 0 Å². The smallest absolute Gasteiger partial charge is 0.134 e. The third kappa shape index (κ3) is 1.65. The number of aryl methyl sites for hydroxylation is 2. The van der Waals surface area contributed by atoms with Gasteiger partial charge >= 0.3 is 0 Å². The molecule has 1 aromatic heterocycles. The summed E-state index contributed by atoms with van der Waals surface area (Å²) in [6.07, 6.45) is 0. The average Bonchev–Trinajstić information content (AvgIpc) is 2.55. The zero-order valence-corrected chi connectivity index (χ0v) is 9.72. The SMILES string of the molecule is CNC(C)c1oc2ccc(C)cc2c1C. The number of fused-ring (bicyclic) bond motifs is 1. The quantitative estimate of drug-likeness (QED) is 0.809. The topological polar surface area (TPSA) is 25.2 Å². The molecule has 0 aliphatic heterocycles. The molecule has 1 aromatic carbocycles. The Morgan fingerprint density at radius 2 is 2.00 bits per heavy atom. The minimum absolute atomic E-state index is 0.262. The van der Waals surface area contributed by atoms with E-state index in [4.69, 9.17) is 4.42 Å². The van der Waals surface area contributed by atoms with E-state index in [-0.39, 0.29) is 6.04 Å². The maximum Gasteiger partial charge on any atom is 0.134 e. The third-order valence-corrected chi connectivity index (χ3v) is 2.95. The number of benzene rings is 1. The molecule has 2 aromatic rings. The van der Waals surface area contributed by atoms with Crippen LogP contribution in [0.5, 0.6) is 0 Å². The minimum atomic E-state index is 0.262. The van der Waals surface area contributed by atoms with E-state index < -0.39 is 0 Å². The molecule has 0 amide bonds. The highest BCUT2D eigenvalue weighted by atomic mass is 16.3. The van der Waals surface area contributed by atoms with Gasteiger partial charge in [-0.3, -0.25) is 0 Å². The predicted molar refractivity (Wildman–Crippen MR) is 63.2 cm³/mol. The minimum Gasteiger partial charge on any atom is -0.459 e. The molecule has 0 fully saturated rings. The number of hydrogen-bond donors (Lipinski definition) is 1. The van der Waals surface area contributed by atoms with Crippen LogP contribution in [0.1, 0.15) is 29.9 Å². The van der Waals surface area contributed by atoms with Crippen LogP contribution in [0, 0.1) is 13.8 Å². The molecule has 2 nitrogen and oxygen atoms in total. The molecule has 0 saturated heterocycles. The molecule has 0 aliphatic carbocycles. The Balaban J connectivity index is 2.64. The molecule has 0 saturated carbocycles. The van der Waals surface area contributed by atoms with Crippen LogP contribution in [0.25, 0.3) is 11.0 Å². The highest BCUT2D eigenvalue weighted by Crippen LogP contribution is 2.29. The zero-order chi connectivity index (χ0) is 11.0. The summed E-state index contributed by atoms with van der Waals surface area (Å²) in [6, 6.07) is 6.57. The first kappa shape index (κ1) is 10.2. The molecule has 80 valence electrons. The van der Waals surface area contributed by atoms with Crippen molar-refractivity contribution in [3.05, 3.63) is 35.1 Å². The van der Waals surface area contributed by atoms with Crippen LogP contribution in [-0.4, -0.2) is 7.05 Å². The maximum absolute atomic E-state index is 5.84. The molecular weight excluding hydrogens is 186 g/mol. The second-order valence-electron chi connectivity index (χ2n) is 4.10. The van der Waals surface area contributed by atoms with Gasteiger partial charge in [0.25, 0.3) is 0 Å². The van der Waals surface area contributed by atoms with Crippen LogP contribution < -0.4 is 5.32 Å². The normalized spacial score (nSPS) is 13.3. The summed E-state index contributed by atoms with van der Waals surface area (Å²) < 4.78 is 5.84. The van der Waals surface area contributed by atoms with Crippen molar-refractivity contribution >= 4 is 11.0 Å². The fourth-order valence-electron chi connectivity index (χ4n) is 1.90. The van der Waals surface area contributed by atoms with Crippen molar-refractivity contribution in [2.24, 2.45) is 0 Å². The molecule has 0 bridgehead atoms. The number of nitrogens with one attached hydrogen (secondary N) is 1. The van der Waals surface area contributed by atoms with Gasteiger partial charge in [0.1, 0.15) is 11.3 Å². The van der Waals surface area contributed by atoms with Gasteiger partial charge in [-0.15, -0.1) is 0 Å². The van der Waals surface area contributed by atoms with Gasteiger partial charge < -0.3 is 9.73 Å². The van der Waals surface area contributed by atoms with Gasteiger partial charge in [0, 0.05) is 5.39 Å². The lowest BCUT2D eigenvalue weighted by Gasteiger charge is -2.06. The lowest BCUT2D eigenvalue weighted by molar-refractivity contribution is 0.471. The van der Waals surface area contributed by atoms with E-state index >= 15 is 0 Å².